The van der Waals surface area contributed by atoms with Crippen LogP contribution in [0.4, 0.5) is 0 Å². The van der Waals surface area contributed by atoms with Crippen LogP contribution in [-0.4, -0.2) is 36.4 Å². The quantitative estimate of drug-likeness (QED) is 0.888. The first-order valence-corrected chi connectivity index (χ1v) is 8.15. The van der Waals surface area contributed by atoms with Crippen LogP contribution in [0.15, 0.2) is 27.6 Å². The van der Waals surface area contributed by atoms with Gasteiger partial charge < -0.3 is 5.11 Å². The van der Waals surface area contributed by atoms with Gasteiger partial charge in [-0.2, -0.15) is 4.31 Å². The average Bonchev–Trinajstić information content (AvgIpc) is 2.82. The fourth-order valence-electron chi connectivity index (χ4n) is 2.05. The molecular formula is C11H11BrClNO4S. The summed E-state index contributed by atoms with van der Waals surface area (Å²) in [4.78, 5) is 11.1. The number of hydrogen-bond donors (Lipinski definition) is 1. The molecule has 1 N–H and O–H groups in total. The maximum atomic E-state index is 12.4. The molecule has 1 aromatic carbocycles. The Hall–Kier alpha value is -0.630. The number of aliphatic carboxylic acids is 1. The van der Waals surface area contributed by atoms with Gasteiger partial charge in [-0.1, -0.05) is 11.6 Å². The number of benzene rings is 1. The molecule has 1 aliphatic heterocycles. The lowest BCUT2D eigenvalue weighted by Crippen LogP contribution is -2.40. The predicted molar refractivity (Wildman–Crippen MR) is 73.7 cm³/mol. The van der Waals surface area contributed by atoms with E-state index >= 15 is 0 Å². The zero-order valence-corrected chi connectivity index (χ0v) is 12.9. The van der Waals surface area contributed by atoms with Crippen molar-refractivity contribution in [2.24, 2.45) is 0 Å². The molecule has 0 spiro atoms. The zero-order valence-electron chi connectivity index (χ0n) is 9.71. The summed E-state index contributed by atoms with van der Waals surface area (Å²) in [5.41, 5.74) is 0. The Bertz CT molecular complexity index is 619. The number of carbonyl (C=O) groups is 1. The van der Waals surface area contributed by atoms with Crippen LogP contribution in [0.2, 0.25) is 5.02 Å². The molecule has 0 amide bonds. The monoisotopic (exact) mass is 367 g/mol. The summed E-state index contributed by atoms with van der Waals surface area (Å²) >= 11 is 9.06. The van der Waals surface area contributed by atoms with Gasteiger partial charge in [0, 0.05) is 11.0 Å². The lowest BCUT2D eigenvalue weighted by Gasteiger charge is -2.21. The highest BCUT2D eigenvalue weighted by Gasteiger charge is 2.39. The number of carboxylic acids is 1. The topological polar surface area (TPSA) is 74.7 Å². The van der Waals surface area contributed by atoms with Crippen LogP contribution in [0.3, 0.4) is 0 Å². The highest BCUT2D eigenvalue weighted by molar-refractivity contribution is 9.10. The SMILES string of the molecule is O=C(O)C1CCCN1S(=O)(=O)c1ccc(Br)c(Cl)c1. The largest absolute Gasteiger partial charge is 0.480 e. The van der Waals surface area contributed by atoms with Gasteiger partial charge in [-0.3, -0.25) is 4.79 Å². The first kappa shape index (κ1) is 14.8. The molecule has 1 saturated heterocycles. The molecule has 1 unspecified atom stereocenters. The zero-order chi connectivity index (χ0) is 14.2. The third kappa shape index (κ3) is 2.79. The molecule has 0 saturated carbocycles. The molecule has 0 aliphatic carbocycles. The van der Waals surface area contributed by atoms with E-state index in [2.05, 4.69) is 15.9 Å². The van der Waals surface area contributed by atoms with E-state index in [0.29, 0.717) is 17.3 Å². The summed E-state index contributed by atoms with van der Waals surface area (Å²) in [6.45, 7) is 0.215. The predicted octanol–water partition coefficient (Wildman–Crippen LogP) is 2.34. The van der Waals surface area contributed by atoms with E-state index in [1.165, 1.54) is 18.2 Å². The summed E-state index contributed by atoms with van der Waals surface area (Å²) < 4.78 is 26.4. The van der Waals surface area contributed by atoms with E-state index in [4.69, 9.17) is 16.7 Å². The van der Waals surface area contributed by atoms with Crippen molar-refractivity contribution in [2.75, 3.05) is 6.54 Å². The van der Waals surface area contributed by atoms with E-state index in [1.807, 2.05) is 0 Å². The van der Waals surface area contributed by atoms with Gasteiger partial charge in [0.1, 0.15) is 6.04 Å². The lowest BCUT2D eigenvalue weighted by atomic mass is 10.2. The fraction of sp³-hybridized carbons (Fsp3) is 0.364. The summed E-state index contributed by atoms with van der Waals surface area (Å²) in [5.74, 6) is -1.12. The van der Waals surface area contributed by atoms with Crippen molar-refractivity contribution in [1.82, 2.24) is 4.31 Å². The third-order valence-electron chi connectivity index (χ3n) is 2.99. The molecule has 0 bridgehead atoms. The van der Waals surface area contributed by atoms with Gasteiger partial charge in [-0.15, -0.1) is 0 Å². The van der Waals surface area contributed by atoms with Gasteiger partial charge in [-0.05, 0) is 47.0 Å². The van der Waals surface area contributed by atoms with Crippen LogP contribution in [0.1, 0.15) is 12.8 Å². The molecule has 5 nitrogen and oxygen atoms in total. The standard InChI is InChI=1S/C11H11BrClNO4S/c12-8-4-3-7(6-9(8)13)19(17,18)14-5-1-2-10(14)11(15)16/h3-4,6,10H,1-2,5H2,(H,15,16). The van der Waals surface area contributed by atoms with Crippen molar-refractivity contribution >= 4 is 43.5 Å². The van der Waals surface area contributed by atoms with Gasteiger partial charge >= 0.3 is 5.97 Å². The molecule has 19 heavy (non-hydrogen) atoms. The van der Waals surface area contributed by atoms with Crippen LogP contribution < -0.4 is 0 Å². The Morgan fingerprint density at radius 2 is 2.16 bits per heavy atom. The number of sulfonamides is 1. The maximum Gasteiger partial charge on any atom is 0.322 e. The Morgan fingerprint density at radius 1 is 1.47 bits per heavy atom. The van der Waals surface area contributed by atoms with Crippen molar-refractivity contribution in [2.45, 2.75) is 23.8 Å². The summed E-state index contributed by atoms with van der Waals surface area (Å²) in [5, 5.41) is 9.32. The molecule has 1 heterocycles. The normalized spacial score (nSPS) is 20.6. The average molecular weight is 369 g/mol. The van der Waals surface area contributed by atoms with Gasteiger partial charge in [0.15, 0.2) is 0 Å². The van der Waals surface area contributed by atoms with Crippen LogP contribution in [0.25, 0.3) is 0 Å². The van der Waals surface area contributed by atoms with Crippen LogP contribution >= 0.6 is 27.5 Å². The highest BCUT2D eigenvalue weighted by Crippen LogP contribution is 2.30. The molecular weight excluding hydrogens is 358 g/mol. The van der Waals surface area contributed by atoms with Crippen molar-refractivity contribution in [3.8, 4) is 0 Å². The molecule has 1 fully saturated rings. The second-order valence-corrected chi connectivity index (χ2v) is 7.34. The van der Waals surface area contributed by atoms with Crippen LogP contribution in [0, 0.1) is 0 Å². The summed E-state index contributed by atoms with van der Waals surface area (Å²) in [6, 6.07) is 3.26. The smallest absolute Gasteiger partial charge is 0.322 e. The number of nitrogens with zero attached hydrogens (tertiary/aromatic N) is 1. The van der Waals surface area contributed by atoms with Crippen molar-refractivity contribution in [1.29, 1.82) is 0 Å². The second kappa shape index (κ2) is 5.40. The number of rotatable bonds is 3. The van der Waals surface area contributed by atoms with E-state index in [-0.39, 0.29) is 16.5 Å². The molecule has 0 aromatic heterocycles. The molecule has 2 rings (SSSR count). The number of halogens is 2. The molecule has 1 aliphatic rings. The molecule has 1 aromatic rings. The molecule has 1 atom stereocenters. The minimum absolute atomic E-state index is 0.00819. The molecule has 0 radical (unpaired) electrons. The Balaban J connectivity index is 2.42. The van der Waals surface area contributed by atoms with Crippen molar-refractivity contribution in [3.63, 3.8) is 0 Å². The van der Waals surface area contributed by atoms with Crippen molar-refractivity contribution < 1.29 is 18.3 Å². The molecule has 8 heteroatoms. The van der Waals surface area contributed by atoms with Gasteiger partial charge in [0.25, 0.3) is 0 Å². The lowest BCUT2D eigenvalue weighted by molar-refractivity contribution is -0.140. The first-order valence-electron chi connectivity index (χ1n) is 5.54. The van der Waals surface area contributed by atoms with Gasteiger partial charge in [0.05, 0.1) is 9.92 Å². The third-order valence-corrected chi connectivity index (χ3v) is 6.12. The van der Waals surface area contributed by atoms with Gasteiger partial charge in [0.2, 0.25) is 10.0 Å². The van der Waals surface area contributed by atoms with Gasteiger partial charge in [-0.25, -0.2) is 8.42 Å². The van der Waals surface area contributed by atoms with Crippen molar-refractivity contribution in [3.05, 3.63) is 27.7 Å². The number of carboxylic acid groups (broad SMARTS) is 1. The Morgan fingerprint density at radius 3 is 2.74 bits per heavy atom. The minimum atomic E-state index is -3.82. The molecule has 104 valence electrons. The summed E-state index contributed by atoms with van der Waals surface area (Å²) in [7, 11) is -3.82. The second-order valence-electron chi connectivity index (χ2n) is 4.19. The maximum absolute atomic E-state index is 12.4. The van der Waals surface area contributed by atoms with E-state index in [1.54, 1.807) is 0 Å². The van der Waals surface area contributed by atoms with E-state index in [0.717, 1.165) is 4.31 Å². The highest BCUT2D eigenvalue weighted by atomic mass is 79.9. The Labute approximate surface area is 124 Å². The fourth-order valence-corrected chi connectivity index (χ4v) is 4.22. The Kier molecular flexibility index (Phi) is 4.20. The first-order chi connectivity index (χ1) is 8.84. The number of hydrogen-bond acceptors (Lipinski definition) is 3. The van der Waals surface area contributed by atoms with E-state index in [9.17, 15) is 13.2 Å². The minimum Gasteiger partial charge on any atom is -0.480 e. The summed E-state index contributed by atoms with van der Waals surface area (Å²) in [6.07, 6.45) is 0.874. The van der Waals surface area contributed by atoms with E-state index < -0.39 is 22.0 Å². The van der Waals surface area contributed by atoms with Crippen LogP contribution in [0.5, 0.6) is 0 Å². The van der Waals surface area contributed by atoms with Crippen LogP contribution in [-0.2, 0) is 14.8 Å².